The van der Waals surface area contributed by atoms with Crippen LogP contribution in [0.25, 0.3) is 11.2 Å². The Hall–Kier alpha value is -2.62. The number of aromatic amines is 2. The zero-order valence-electron chi connectivity index (χ0n) is 14.5. The van der Waals surface area contributed by atoms with Crippen LogP contribution < -0.4 is 16.3 Å². The lowest BCUT2D eigenvalue weighted by Crippen LogP contribution is -2.52. The summed E-state index contributed by atoms with van der Waals surface area (Å²) in [5, 5.41) is 3.28. The smallest absolute Gasteiger partial charge is 0.308 e. The van der Waals surface area contributed by atoms with Crippen molar-refractivity contribution in [1.82, 2.24) is 24.7 Å². The van der Waals surface area contributed by atoms with Gasteiger partial charge in [-0.1, -0.05) is 0 Å². The number of amides is 1. The van der Waals surface area contributed by atoms with Crippen LogP contribution in [0, 0.1) is 0 Å². The van der Waals surface area contributed by atoms with Crippen LogP contribution in [-0.4, -0.2) is 55.8 Å². The van der Waals surface area contributed by atoms with Crippen molar-refractivity contribution in [2.45, 2.75) is 45.3 Å². The molecule has 3 heterocycles. The summed E-state index contributed by atoms with van der Waals surface area (Å²) in [7, 11) is 0. The molecule has 0 unspecified atom stereocenters. The number of hydrogen-bond acceptors (Lipinski definition) is 6. The second-order valence-electron chi connectivity index (χ2n) is 7.07. The van der Waals surface area contributed by atoms with Crippen molar-refractivity contribution in [2.75, 3.05) is 18.1 Å². The largest absolute Gasteiger partial charge is 0.327 e. The van der Waals surface area contributed by atoms with E-state index in [0.29, 0.717) is 25.1 Å². The highest BCUT2D eigenvalue weighted by molar-refractivity contribution is 5.69. The Morgan fingerprint density at radius 3 is 2.80 bits per heavy atom. The molecule has 1 saturated heterocycles. The van der Waals surface area contributed by atoms with Crippen molar-refractivity contribution in [2.24, 2.45) is 0 Å². The molecule has 0 radical (unpaired) electrons. The predicted molar refractivity (Wildman–Crippen MR) is 90.7 cm³/mol. The average Bonchev–Trinajstić information content (AvgIpc) is 2.96. The highest BCUT2D eigenvalue weighted by atomic mass is 16.7. The van der Waals surface area contributed by atoms with Crippen molar-refractivity contribution in [3.05, 3.63) is 27.2 Å². The fourth-order valence-electron chi connectivity index (χ4n) is 2.98. The third-order valence-corrected chi connectivity index (χ3v) is 3.95. The number of nitrogens with one attached hydrogen (secondary N) is 2. The molecule has 25 heavy (non-hydrogen) atoms. The summed E-state index contributed by atoms with van der Waals surface area (Å²) in [6.07, 6.45) is 3.82. The summed E-state index contributed by atoms with van der Waals surface area (Å²) in [6.45, 7) is 6.84. The highest BCUT2D eigenvalue weighted by Gasteiger charge is 2.29. The first-order valence-electron chi connectivity index (χ1n) is 8.16. The van der Waals surface area contributed by atoms with Gasteiger partial charge in [0.1, 0.15) is 6.33 Å². The van der Waals surface area contributed by atoms with Crippen LogP contribution in [-0.2, 0) is 9.63 Å². The van der Waals surface area contributed by atoms with Gasteiger partial charge in [0, 0.05) is 6.54 Å². The molecule has 0 spiro atoms. The van der Waals surface area contributed by atoms with Crippen LogP contribution in [0.3, 0.4) is 0 Å². The molecule has 0 aliphatic carbocycles. The van der Waals surface area contributed by atoms with Gasteiger partial charge in [0.05, 0.1) is 18.2 Å². The van der Waals surface area contributed by atoms with Gasteiger partial charge in [-0.25, -0.2) is 19.5 Å². The molecule has 2 aromatic heterocycles. The molecule has 2 N–H and O–H groups in total. The molecule has 1 amide bonds. The van der Waals surface area contributed by atoms with Crippen LogP contribution in [0.5, 0.6) is 0 Å². The van der Waals surface area contributed by atoms with Crippen molar-refractivity contribution < 1.29 is 9.63 Å². The summed E-state index contributed by atoms with van der Waals surface area (Å²) in [5.41, 5.74) is -1.09. The number of nitrogens with zero attached hydrogens (tertiary/aromatic N) is 4. The minimum Gasteiger partial charge on any atom is -0.308 e. The molecule has 136 valence electrons. The number of imidazole rings is 1. The van der Waals surface area contributed by atoms with Gasteiger partial charge in [0.25, 0.3) is 5.56 Å². The summed E-state index contributed by atoms with van der Waals surface area (Å²) in [4.78, 5) is 49.4. The van der Waals surface area contributed by atoms with E-state index in [2.05, 4.69) is 15.0 Å². The molecule has 0 bridgehead atoms. The highest BCUT2D eigenvalue weighted by Crippen LogP contribution is 2.19. The number of H-pyrrole nitrogens is 2. The van der Waals surface area contributed by atoms with Crippen LogP contribution in [0.1, 0.15) is 33.6 Å². The number of hydroxylamine groups is 2. The van der Waals surface area contributed by atoms with E-state index >= 15 is 0 Å². The first kappa shape index (κ1) is 17.2. The third kappa shape index (κ3) is 3.58. The minimum absolute atomic E-state index is 0.142. The fraction of sp³-hybridized carbons (Fsp3) is 0.600. The quantitative estimate of drug-likeness (QED) is 0.578. The Bertz CT molecular complexity index is 876. The maximum atomic E-state index is 11.8. The summed E-state index contributed by atoms with van der Waals surface area (Å²) >= 11 is 0. The Kier molecular flexibility index (Phi) is 4.38. The van der Waals surface area contributed by atoms with Gasteiger partial charge in [-0.15, -0.1) is 0 Å². The van der Waals surface area contributed by atoms with E-state index in [9.17, 15) is 14.4 Å². The molecule has 1 fully saturated rings. The van der Waals surface area contributed by atoms with Gasteiger partial charge in [-0.05, 0) is 33.6 Å². The van der Waals surface area contributed by atoms with E-state index in [1.165, 1.54) is 11.4 Å². The van der Waals surface area contributed by atoms with Crippen LogP contribution in [0.2, 0.25) is 0 Å². The van der Waals surface area contributed by atoms with E-state index in [1.807, 2.05) is 25.8 Å². The Balaban J connectivity index is 1.88. The van der Waals surface area contributed by atoms with E-state index in [-0.39, 0.29) is 11.6 Å². The minimum atomic E-state index is -0.585. The molecule has 10 nitrogen and oxygen atoms in total. The Morgan fingerprint density at radius 2 is 2.12 bits per heavy atom. The fourth-order valence-corrected chi connectivity index (χ4v) is 2.98. The molecule has 0 aromatic carbocycles. The lowest BCUT2D eigenvalue weighted by molar-refractivity contribution is -0.233. The van der Waals surface area contributed by atoms with Gasteiger partial charge in [-0.2, -0.15) is 0 Å². The number of rotatable bonds is 4. The number of carbonyl (C=O) groups excluding carboxylic acids is 1. The van der Waals surface area contributed by atoms with Gasteiger partial charge in [-0.3, -0.25) is 24.4 Å². The maximum absolute atomic E-state index is 11.8. The predicted octanol–water partition coefficient (Wildman–Crippen LogP) is -0.298. The van der Waals surface area contributed by atoms with Crippen molar-refractivity contribution in [1.29, 1.82) is 0 Å². The van der Waals surface area contributed by atoms with E-state index in [4.69, 9.17) is 4.84 Å². The molecular formula is C15H22N6O4. The third-order valence-electron chi connectivity index (χ3n) is 3.95. The number of fused-ring (bicyclic) bond motifs is 1. The van der Waals surface area contributed by atoms with E-state index in [0.717, 1.165) is 12.8 Å². The summed E-state index contributed by atoms with van der Waals surface area (Å²) in [5.74, 6) is 0. The molecule has 1 atom stereocenters. The van der Waals surface area contributed by atoms with Crippen molar-refractivity contribution in [3.8, 4) is 0 Å². The molecule has 10 heteroatoms. The molecule has 1 aliphatic heterocycles. The van der Waals surface area contributed by atoms with Crippen molar-refractivity contribution in [3.63, 3.8) is 0 Å². The van der Waals surface area contributed by atoms with E-state index < -0.39 is 16.9 Å². The maximum Gasteiger partial charge on any atom is 0.327 e. The normalized spacial score (nSPS) is 18.5. The lowest BCUT2D eigenvalue weighted by Gasteiger charge is -2.40. The van der Waals surface area contributed by atoms with Crippen molar-refractivity contribution >= 4 is 17.6 Å². The Morgan fingerprint density at radius 1 is 1.36 bits per heavy atom. The number of piperidine rings is 1. The van der Waals surface area contributed by atoms with Gasteiger partial charge >= 0.3 is 5.69 Å². The monoisotopic (exact) mass is 350 g/mol. The SMILES string of the molecule is CC(C)(C)ON(C=O)[C@@H]1CCCN(n2cnc3c(=O)[nH]c(=O)[nH]c32)C1. The molecule has 0 saturated carbocycles. The lowest BCUT2D eigenvalue weighted by atomic mass is 10.1. The Labute approximate surface area is 143 Å². The first-order chi connectivity index (χ1) is 11.8. The number of carbonyl (C=O) groups is 1. The zero-order chi connectivity index (χ0) is 18.2. The molecule has 3 rings (SSSR count). The summed E-state index contributed by atoms with van der Waals surface area (Å²) in [6, 6.07) is -0.142. The number of hydrogen-bond donors (Lipinski definition) is 2. The van der Waals surface area contributed by atoms with Gasteiger partial charge < -0.3 is 5.01 Å². The summed E-state index contributed by atoms with van der Waals surface area (Å²) < 4.78 is 1.65. The molecular weight excluding hydrogens is 328 g/mol. The first-order valence-corrected chi connectivity index (χ1v) is 8.16. The van der Waals surface area contributed by atoms with Crippen LogP contribution >= 0.6 is 0 Å². The van der Waals surface area contributed by atoms with Gasteiger partial charge in [0.15, 0.2) is 11.2 Å². The standard InChI is InChI=1S/C15H22N6O4/c1-15(2,3)25-21(9-22)10-5-4-6-19(7-10)20-8-16-11-12(20)17-14(24)18-13(11)23/h8-10H,4-7H2,1-3H3,(H2,17,18,23,24)/t10-/m1/s1. The number of aromatic nitrogens is 4. The van der Waals surface area contributed by atoms with Gasteiger partial charge in [0.2, 0.25) is 6.41 Å². The second kappa shape index (κ2) is 6.36. The van der Waals surface area contributed by atoms with Crippen LogP contribution in [0.4, 0.5) is 0 Å². The zero-order valence-corrected chi connectivity index (χ0v) is 14.5. The van der Waals surface area contributed by atoms with Crippen LogP contribution in [0.15, 0.2) is 15.9 Å². The average molecular weight is 350 g/mol. The molecule has 1 aliphatic rings. The second-order valence-corrected chi connectivity index (χ2v) is 7.07. The van der Waals surface area contributed by atoms with E-state index in [1.54, 1.807) is 4.68 Å². The topological polar surface area (TPSA) is 116 Å². The molecule has 2 aromatic rings.